The van der Waals surface area contributed by atoms with Gasteiger partial charge in [0.15, 0.2) is 17.5 Å². The Morgan fingerprint density at radius 2 is 1.44 bits per heavy atom. The highest BCUT2D eigenvalue weighted by molar-refractivity contribution is 6.15. The second-order valence-corrected chi connectivity index (χ2v) is 9.20. The highest BCUT2D eigenvalue weighted by Gasteiger charge is 2.23. The second-order valence-electron chi connectivity index (χ2n) is 9.20. The second kappa shape index (κ2) is 9.15. The Balaban J connectivity index is 1.47. The molecule has 0 fully saturated rings. The van der Waals surface area contributed by atoms with E-state index in [0.717, 1.165) is 61.1 Å². The van der Waals surface area contributed by atoms with E-state index in [9.17, 15) is 0 Å². The lowest BCUT2D eigenvalue weighted by Gasteiger charge is -2.21. The van der Waals surface area contributed by atoms with Crippen LogP contribution in [-0.2, 0) is 0 Å². The molecule has 39 heavy (non-hydrogen) atoms. The zero-order valence-electron chi connectivity index (χ0n) is 21.0. The SMILES string of the molecule is C=C/C=C(\C=C)c1nc(-c2ccccc2)nc(-c2ccc3nc4c5c(cccc5c3c2)Oc2ccccc2-4)n1. The monoisotopic (exact) mass is 502 g/mol. The van der Waals surface area contributed by atoms with E-state index in [1.165, 1.54) is 0 Å². The molecule has 0 saturated heterocycles. The van der Waals surface area contributed by atoms with Crippen molar-refractivity contribution in [2.24, 2.45) is 0 Å². The molecule has 0 bridgehead atoms. The minimum atomic E-state index is 0.536. The Kier molecular flexibility index (Phi) is 5.34. The molecule has 0 unspecified atom stereocenters. The first-order valence-electron chi connectivity index (χ1n) is 12.6. The van der Waals surface area contributed by atoms with Gasteiger partial charge in [0.25, 0.3) is 0 Å². The molecular formula is C34H22N4O. The van der Waals surface area contributed by atoms with Crippen molar-refractivity contribution in [3.05, 3.63) is 128 Å². The minimum absolute atomic E-state index is 0.536. The average molecular weight is 503 g/mol. The number of ether oxygens (including phenoxy) is 1. The van der Waals surface area contributed by atoms with Crippen molar-refractivity contribution < 1.29 is 4.74 Å². The summed E-state index contributed by atoms with van der Waals surface area (Å²) in [5, 5.41) is 3.08. The van der Waals surface area contributed by atoms with E-state index in [-0.39, 0.29) is 0 Å². The summed E-state index contributed by atoms with van der Waals surface area (Å²) in [7, 11) is 0. The van der Waals surface area contributed by atoms with Gasteiger partial charge in [-0.05, 0) is 41.8 Å². The van der Waals surface area contributed by atoms with Crippen molar-refractivity contribution in [1.29, 1.82) is 0 Å². The molecule has 5 nitrogen and oxygen atoms in total. The van der Waals surface area contributed by atoms with E-state index in [1.807, 2.05) is 78.9 Å². The smallest absolute Gasteiger partial charge is 0.164 e. The molecule has 6 aromatic rings. The van der Waals surface area contributed by atoms with Crippen LogP contribution in [0, 0.1) is 0 Å². The Bertz CT molecular complexity index is 1980. The lowest BCUT2D eigenvalue weighted by Crippen LogP contribution is -2.02. The summed E-state index contributed by atoms with van der Waals surface area (Å²) in [6.45, 7) is 7.77. The van der Waals surface area contributed by atoms with Gasteiger partial charge in [-0.15, -0.1) is 0 Å². The molecule has 0 atom stereocenters. The average Bonchev–Trinajstić information content (AvgIpc) is 3.00. The molecule has 5 heteroatoms. The van der Waals surface area contributed by atoms with Gasteiger partial charge in [-0.1, -0.05) is 86.0 Å². The van der Waals surface area contributed by atoms with Gasteiger partial charge in [-0.3, -0.25) is 0 Å². The Hall–Kier alpha value is -5.42. The van der Waals surface area contributed by atoms with Gasteiger partial charge in [-0.2, -0.15) is 0 Å². The van der Waals surface area contributed by atoms with Gasteiger partial charge in [0, 0.05) is 27.6 Å². The summed E-state index contributed by atoms with van der Waals surface area (Å²) in [6, 6.07) is 30.2. The molecule has 184 valence electrons. The van der Waals surface area contributed by atoms with Crippen LogP contribution in [-0.4, -0.2) is 19.9 Å². The van der Waals surface area contributed by atoms with Crippen molar-refractivity contribution in [3.8, 4) is 45.5 Å². The Morgan fingerprint density at radius 1 is 0.667 bits per heavy atom. The van der Waals surface area contributed by atoms with Gasteiger partial charge in [0.05, 0.1) is 16.6 Å². The number of nitrogens with zero attached hydrogens (tertiary/aromatic N) is 4. The maximum Gasteiger partial charge on any atom is 0.164 e. The van der Waals surface area contributed by atoms with Crippen molar-refractivity contribution in [2.75, 3.05) is 0 Å². The van der Waals surface area contributed by atoms with Crippen molar-refractivity contribution in [1.82, 2.24) is 19.9 Å². The number of allylic oxidation sites excluding steroid dienone is 4. The molecule has 0 saturated carbocycles. The van der Waals surface area contributed by atoms with Gasteiger partial charge in [0.2, 0.25) is 0 Å². The van der Waals surface area contributed by atoms with E-state index in [2.05, 4.69) is 31.4 Å². The first-order valence-corrected chi connectivity index (χ1v) is 12.6. The highest BCUT2D eigenvalue weighted by Crippen LogP contribution is 2.47. The fourth-order valence-electron chi connectivity index (χ4n) is 5.03. The summed E-state index contributed by atoms with van der Waals surface area (Å²) >= 11 is 0. The van der Waals surface area contributed by atoms with E-state index in [0.29, 0.717) is 17.5 Å². The van der Waals surface area contributed by atoms with Crippen LogP contribution in [0.25, 0.3) is 61.3 Å². The molecule has 7 rings (SSSR count). The lowest BCUT2D eigenvalue weighted by atomic mass is 9.96. The summed E-state index contributed by atoms with van der Waals surface area (Å²) in [5.41, 5.74) is 5.36. The summed E-state index contributed by atoms with van der Waals surface area (Å²) in [5.74, 6) is 3.32. The zero-order valence-corrected chi connectivity index (χ0v) is 21.0. The maximum absolute atomic E-state index is 6.26. The van der Waals surface area contributed by atoms with Crippen LogP contribution in [0.2, 0.25) is 0 Å². The largest absolute Gasteiger partial charge is 0.456 e. The third-order valence-electron chi connectivity index (χ3n) is 6.85. The number of para-hydroxylation sites is 1. The first kappa shape index (κ1) is 22.8. The van der Waals surface area contributed by atoms with E-state index < -0.39 is 0 Å². The zero-order chi connectivity index (χ0) is 26.3. The van der Waals surface area contributed by atoms with Gasteiger partial charge >= 0.3 is 0 Å². The fourth-order valence-corrected chi connectivity index (χ4v) is 5.03. The number of hydrogen-bond acceptors (Lipinski definition) is 5. The van der Waals surface area contributed by atoms with Crippen LogP contribution in [0.15, 0.2) is 122 Å². The minimum Gasteiger partial charge on any atom is -0.456 e. The number of fused-ring (bicyclic) bond motifs is 4. The number of rotatable bonds is 5. The summed E-state index contributed by atoms with van der Waals surface area (Å²) in [4.78, 5) is 19.6. The van der Waals surface area contributed by atoms with Crippen LogP contribution in [0.3, 0.4) is 0 Å². The topological polar surface area (TPSA) is 60.8 Å². The summed E-state index contributed by atoms with van der Waals surface area (Å²) < 4.78 is 6.26. The third kappa shape index (κ3) is 3.80. The molecule has 1 aliphatic rings. The van der Waals surface area contributed by atoms with Crippen LogP contribution >= 0.6 is 0 Å². The molecule has 0 N–H and O–H groups in total. The quantitative estimate of drug-likeness (QED) is 0.175. The molecule has 0 amide bonds. The molecule has 0 spiro atoms. The molecule has 0 radical (unpaired) electrons. The molecule has 1 aliphatic heterocycles. The molecule has 4 aromatic carbocycles. The van der Waals surface area contributed by atoms with Crippen LogP contribution in [0.5, 0.6) is 11.5 Å². The standard InChI is InChI=1S/C34H22N4O/c1-3-11-21(4-2)32-36-33(22-12-6-5-7-13-22)38-34(37-32)23-18-19-27-26(20-23)24-15-10-17-29-30(24)31(35-27)25-14-8-9-16-28(25)39-29/h3-20H,1-2H2/b21-11+. The number of aromatic nitrogens is 4. The molecular weight excluding hydrogens is 480 g/mol. The number of benzene rings is 4. The maximum atomic E-state index is 6.26. The van der Waals surface area contributed by atoms with Gasteiger partial charge < -0.3 is 4.74 Å². The summed E-state index contributed by atoms with van der Waals surface area (Å²) in [6.07, 6.45) is 5.28. The van der Waals surface area contributed by atoms with Gasteiger partial charge in [0.1, 0.15) is 11.5 Å². The van der Waals surface area contributed by atoms with Crippen molar-refractivity contribution >= 4 is 27.2 Å². The first-order chi connectivity index (χ1) is 19.2. The molecule has 3 heterocycles. The molecule has 2 aromatic heterocycles. The van der Waals surface area contributed by atoms with Crippen LogP contribution in [0.1, 0.15) is 5.82 Å². The predicted molar refractivity (Wildman–Crippen MR) is 157 cm³/mol. The number of hydrogen-bond donors (Lipinski definition) is 0. The van der Waals surface area contributed by atoms with E-state index >= 15 is 0 Å². The normalized spacial score (nSPS) is 12.2. The Labute approximate surface area is 225 Å². The lowest BCUT2D eigenvalue weighted by molar-refractivity contribution is 0.486. The van der Waals surface area contributed by atoms with E-state index in [1.54, 1.807) is 12.2 Å². The third-order valence-corrected chi connectivity index (χ3v) is 6.85. The highest BCUT2D eigenvalue weighted by atomic mass is 16.5. The fraction of sp³-hybridized carbons (Fsp3) is 0. The number of pyridine rings is 1. The van der Waals surface area contributed by atoms with Crippen molar-refractivity contribution in [3.63, 3.8) is 0 Å². The van der Waals surface area contributed by atoms with E-state index in [4.69, 9.17) is 24.7 Å². The van der Waals surface area contributed by atoms with Gasteiger partial charge in [-0.25, -0.2) is 19.9 Å². The van der Waals surface area contributed by atoms with Crippen LogP contribution < -0.4 is 4.74 Å². The van der Waals surface area contributed by atoms with Crippen LogP contribution in [0.4, 0.5) is 0 Å². The molecule has 0 aliphatic carbocycles. The Morgan fingerprint density at radius 3 is 2.26 bits per heavy atom. The van der Waals surface area contributed by atoms with Crippen molar-refractivity contribution in [2.45, 2.75) is 0 Å². The predicted octanol–water partition coefficient (Wildman–Crippen LogP) is 8.44.